The molecule has 0 bridgehead atoms. The van der Waals surface area contributed by atoms with E-state index in [0.29, 0.717) is 18.8 Å². The van der Waals surface area contributed by atoms with E-state index in [4.69, 9.17) is 11.5 Å². The van der Waals surface area contributed by atoms with Crippen LogP contribution in [0, 0.1) is 0 Å². The van der Waals surface area contributed by atoms with E-state index in [9.17, 15) is 4.79 Å². The maximum Gasteiger partial charge on any atom is 0.236 e. The van der Waals surface area contributed by atoms with Gasteiger partial charge < -0.3 is 16.8 Å². The van der Waals surface area contributed by atoms with Gasteiger partial charge in [-0.3, -0.25) is 4.79 Å². The van der Waals surface area contributed by atoms with Crippen molar-refractivity contribution < 1.29 is 4.79 Å². The van der Waals surface area contributed by atoms with Gasteiger partial charge in [0.25, 0.3) is 0 Å². The second kappa shape index (κ2) is 9.34. The molecule has 1 aromatic carbocycles. The first-order valence-electron chi connectivity index (χ1n) is 8.04. The molecule has 1 amide bonds. The first kappa shape index (κ1) is 18.4. The van der Waals surface area contributed by atoms with Gasteiger partial charge in [-0.2, -0.15) is 16.9 Å². The predicted octanol–water partition coefficient (Wildman–Crippen LogP) is 1.58. The van der Waals surface area contributed by atoms with E-state index in [-0.39, 0.29) is 5.91 Å². The number of hydrogen-bond acceptors (Lipinski definition) is 5. The maximum atomic E-state index is 11.8. The van der Waals surface area contributed by atoms with Gasteiger partial charge in [0.2, 0.25) is 5.91 Å². The van der Waals surface area contributed by atoms with Crippen molar-refractivity contribution >= 4 is 23.5 Å². The minimum Gasteiger partial charge on any atom is -0.384 e. The second-order valence-corrected chi connectivity index (χ2v) is 6.58. The molecular formula is C17H25N5OS. The number of para-hydroxylation sites is 1. The molecule has 0 aliphatic heterocycles. The predicted molar refractivity (Wildman–Crippen MR) is 100 cm³/mol. The summed E-state index contributed by atoms with van der Waals surface area (Å²) in [5, 5.41) is 7.40. The third kappa shape index (κ3) is 5.28. The zero-order chi connectivity index (χ0) is 17.4. The molecule has 0 spiro atoms. The van der Waals surface area contributed by atoms with Crippen LogP contribution in [0.15, 0.2) is 36.4 Å². The standard InChI is InChI=1S/C17H25N5OS/c1-24-11-9-15(18)17(23)20-10-5-6-13-12-16(19)22(21-13)14-7-3-2-4-8-14/h2-4,7-8,12,15H,5-6,9-11,18-19H2,1H3,(H,20,23)/t15-/m0/s1. The van der Waals surface area contributed by atoms with Gasteiger partial charge >= 0.3 is 0 Å². The summed E-state index contributed by atoms with van der Waals surface area (Å²) in [6, 6.07) is 11.2. The van der Waals surface area contributed by atoms with Crippen LogP contribution in [-0.2, 0) is 11.2 Å². The number of nitrogens with two attached hydrogens (primary N) is 2. The average molecular weight is 347 g/mol. The van der Waals surface area contributed by atoms with Gasteiger partial charge in [0.1, 0.15) is 5.82 Å². The Morgan fingerprint density at radius 1 is 1.38 bits per heavy atom. The summed E-state index contributed by atoms with van der Waals surface area (Å²) in [6.45, 7) is 0.587. The molecule has 1 heterocycles. The molecule has 130 valence electrons. The highest BCUT2D eigenvalue weighted by Crippen LogP contribution is 2.14. The molecule has 0 fully saturated rings. The highest BCUT2D eigenvalue weighted by atomic mass is 32.2. The number of nitrogens with zero attached hydrogens (tertiary/aromatic N) is 2. The zero-order valence-corrected chi connectivity index (χ0v) is 14.8. The molecule has 7 heteroatoms. The minimum atomic E-state index is -0.426. The number of anilines is 1. The molecule has 0 saturated heterocycles. The Kier molecular flexibility index (Phi) is 7.14. The lowest BCUT2D eigenvalue weighted by Gasteiger charge is -2.11. The number of aryl methyl sites for hydroxylation is 1. The van der Waals surface area contributed by atoms with Crippen molar-refractivity contribution in [1.82, 2.24) is 15.1 Å². The molecule has 1 aromatic heterocycles. The fourth-order valence-corrected chi connectivity index (χ4v) is 2.82. The van der Waals surface area contributed by atoms with E-state index in [1.54, 1.807) is 16.4 Å². The van der Waals surface area contributed by atoms with Crippen LogP contribution in [0.4, 0.5) is 5.82 Å². The van der Waals surface area contributed by atoms with Gasteiger partial charge in [-0.1, -0.05) is 18.2 Å². The number of nitrogen functional groups attached to an aromatic ring is 1. The van der Waals surface area contributed by atoms with Crippen molar-refractivity contribution in [2.75, 3.05) is 24.3 Å². The number of amides is 1. The van der Waals surface area contributed by atoms with Crippen LogP contribution in [0.5, 0.6) is 0 Å². The number of carbonyl (C=O) groups is 1. The third-order valence-corrected chi connectivity index (χ3v) is 4.31. The van der Waals surface area contributed by atoms with Crippen molar-refractivity contribution in [3.8, 4) is 5.69 Å². The van der Waals surface area contributed by atoms with Crippen LogP contribution >= 0.6 is 11.8 Å². The maximum absolute atomic E-state index is 11.8. The summed E-state index contributed by atoms with van der Waals surface area (Å²) in [4.78, 5) is 11.8. The minimum absolute atomic E-state index is 0.0848. The van der Waals surface area contributed by atoms with Crippen LogP contribution in [0.25, 0.3) is 5.69 Å². The van der Waals surface area contributed by atoms with Crippen molar-refractivity contribution in [2.24, 2.45) is 5.73 Å². The molecule has 1 atom stereocenters. The number of benzene rings is 1. The number of nitrogens with one attached hydrogen (secondary N) is 1. The highest BCUT2D eigenvalue weighted by molar-refractivity contribution is 7.98. The summed E-state index contributed by atoms with van der Waals surface area (Å²) < 4.78 is 1.73. The van der Waals surface area contributed by atoms with Gasteiger partial charge in [-0.15, -0.1) is 0 Å². The van der Waals surface area contributed by atoms with E-state index >= 15 is 0 Å². The summed E-state index contributed by atoms with van der Waals surface area (Å²) >= 11 is 1.69. The smallest absolute Gasteiger partial charge is 0.236 e. The zero-order valence-electron chi connectivity index (χ0n) is 13.9. The van der Waals surface area contributed by atoms with E-state index < -0.39 is 6.04 Å². The van der Waals surface area contributed by atoms with Crippen LogP contribution in [-0.4, -0.2) is 40.3 Å². The number of rotatable bonds is 9. The Bertz CT molecular complexity index is 644. The van der Waals surface area contributed by atoms with Gasteiger partial charge in [0.05, 0.1) is 17.4 Å². The summed E-state index contributed by atoms with van der Waals surface area (Å²) in [5.41, 5.74) is 13.7. The second-order valence-electron chi connectivity index (χ2n) is 5.59. The Morgan fingerprint density at radius 2 is 2.12 bits per heavy atom. The van der Waals surface area contributed by atoms with E-state index in [2.05, 4.69) is 10.4 Å². The fraction of sp³-hybridized carbons (Fsp3) is 0.412. The van der Waals surface area contributed by atoms with Crippen molar-refractivity contribution in [3.63, 3.8) is 0 Å². The molecule has 0 saturated carbocycles. The largest absolute Gasteiger partial charge is 0.384 e. The van der Waals surface area contributed by atoms with Crippen molar-refractivity contribution in [2.45, 2.75) is 25.3 Å². The van der Waals surface area contributed by atoms with E-state index in [0.717, 1.165) is 30.0 Å². The first-order valence-corrected chi connectivity index (χ1v) is 9.43. The Hall–Kier alpha value is -1.99. The molecule has 2 aromatic rings. The summed E-state index contributed by atoms with van der Waals surface area (Å²) in [5.74, 6) is 1.42. The molecule has 0 unspecified atom stereocenters. The Morgan fingerprint density at radius 3 is 2.83 bits per heavy atom. The molecule has 6 nitrogen and oxygen atoms in total. The number of carbonyl (C=O) groups excluding carboxylic acids is 1. The van der Waals surface area contributed by atoms with E-state index in [1.807, 2.05) is 42.7 Å². The van der Waals surface area contributed by atoms with Gasteiger partial charge in [0, 0.05) is 12.6 Å². The SMILES string of the molecule is CSCC[C@H](N)C(=O)NCCCc1cc(N)n(-c2ccccc2)n1. The topological polar surface area (TPSA) is 99.0 Å². The molecule has 0 aliphatic rings. The molecular weight excluding hydrogens is 322 g/mol. The van der Waals surface area contributed by atoms with Crippen molar-refractivity contribution in [3.05, 3.63) is 42.1 Å². The number of thioether (sulfide) groups is 1. The Labute approximate surface area is 147 Å². The van der Waals surface area contributed by atoms with Crippen molar-refractivity contribution in [1.29, 1.82) is 0 Å². The van der Waals surface area contributed by atoms with Crippen LogP contribution in [0.3, 0.4) is 0 Å². The molecule has 5 N–H and O–H groups in total. The fourth-order valence-electron chi connectivity index (χ4n) is 2.33. The molecule has 0 radical (unpaired) electrons. The molecule has 24 heavy (non-hydrogen) atoms. The van der Waals surface area contributed by atoms with Gasteiger partial charge in [-0.05, 0) is 43.4 Å². The van der Waals surface area contributed by atoms with Crippen LogP contribution in [0.1, 0.15) is 18.5 Å². The van der Waals surface area contributed by atoms with E-state index in [1.165, 1.54) is 0 Å². The number of hydrogen-bond donors (Lipinski definition) is 3. The quantitative estimate of drug-likeness (QED) is 0.598. The normalized spacial score (nSPS) is 12.1. The Balaban J connectivity index is 1.78. The molecule has 2 rings (SSSR count). The molecule has 0 aliphatic carbocycles. The lowest BCUT2D eigenvalue weighted by Crippen LogP contribution is -2.41. The van der Waals surface area contributed by atoms with Gasteiger partial charge in [0.15, 0.2) is 0 Å². The van der Waals surface area contributed by atoms with Crippen LogP contribution in [0.2, 0.25) is 0 Å². The lowest BCUT2D eigenvalue weighted by molar-refractivity contribution is -0.122. The average Bonchev–Trinajstić information content (AvgIpc) is 2.97. The summed E-state index contributed by atoms with van der Waals surface area (Å²) in [6.07, 6.45) is 4.26. The highest BCUT2D eigenvalue weighted by Gasteiger charge is 2.12. The van der Waals surface area contributed by atoms with Crippen LogP contribution < -0.4 is 16.8 Å². The third-order valence-electron chi connectivity index (χ3n) is 3.67. The monoisotopic (exact) mass is 347 g/mol. The lowest BCUT2D eigenvalue weighted by atomic mass is 10.2. The number of aromatic nitrogens is 2. The van der Waals surface area contributed by atoms with Gasteiger partial charge in [-0.25, -0.2) is 4.68 Å². The first-order chi connectivity index (χ1) is 11.6. The summed E-state index contributed by atoms with van der Waals surface area (Å²) in [7, 11) is 0.